The number of carbonyl (C=O) groups is 2. The molecule has 6 nitrogen and oxygen atoms in total. The number of rotatable bonds is 8. The molecular formula is C29H32BrNO5. The number of hydrogen-bond acceptors (Lipinski definition) is 5. The first kappa shape index (κ1) is 26.2. The lowest BCUT2D eigenvalue weighted by Crippen LogP contribution is -2.32. The van der Waals surface area contributed by atoms with E-state index in [9.17, 15) is 14.7 Å². The number of nitrogens with zero attached hydrogens (tertiary/aromatic N) is 1. The number of fused-ring (bicyclic) bond motifs is 1. The lowest BCUT2D eigenvalue weighted by Gasteiger charge is -2.27. The van der Waals surface area contributed by atoms with Gasteiger partial charge in [0.15, 0.2) is 11.5 Å². The SMILES string of the molecule is CC(C)OCCCN1C(=O)C(O)=C(C(=O)c2cc3cc(Br)ccc3o2)C1c1ccc(C(C)(C)C)cc1. The smallest absolute Gasteiger partial charge is 0.290 e. The molecule has 0 saturated carbocycles. The molecule has 36 heavy (non-hydrogen) atoms. The Morgan fingerprint density at radius 1 is 1.14 bits per heavy atom. The molecule has 1 amide bonds. The van der Waals surface area contributed by atoms with Crippen LogP contribution in [0.5, 0.6) is 0 Å². The molecule has 0 bridgehead atoms. The van der Waals surface area contributed by atoms with E-state index in [1.54, 1.807) is 17.0 Å². The zero-order valence-corrected chi connectivity index (χ0v) is 22.9. The quantitative estimate of drug-likeness (QED) is 0.242. The molecule has 2 aromatic carbocycles. The Hall–Kier alpha value is -2.90. The van der Waals surface area contributed by atoms with E-state index in [-0.39, 0.29) is 22.9 Å². The van der Waals surface area contributed by atoms with Crippen molar-refractivity contribution < 1.29 is 23.8 Å². The number of Topliss-reactive ketones (excluding diaryl/α,β-unsaturated/α-hetero) is 1. The van der Waals surface area contributed by atoms with Gasteiger partial charge in [-0.1, -0.05) is 61.0 Å². The van der Waals surface area contributed by atoms with Gasteiger partial charge in [0, 0.05) is 23.0 Å². The molecule has 1 aromatic heterocycles. The van der Waals surface area contributed by atoms with E-state index >= 15 is 0 Å². The summed E-state index contributed by atoms with van der Waals surface area (Å²) in [4.78, 5) is 28.5. The number of ether oxygens (including phenoxy) is 1. The van der Waals surface area contributed by atoms with Gasteiger partial charge in [0.1, 0.15) is 5.58 Å². The third-order valence-corrected chi connectivity index (χ3v) is 6.83. The third kappa shape index (κ3) is 5.27. The highest BCUT2D eigenvalue weighted by Gasteiger charge is 2.44. The van der Waals surface area contributed by atoms with Gasteiger partial charge in [-0.15, -0.1) is 0 Å². The number of benzene rings is 2. The molecule has 7 heteroatoms. The molecule has 1 aliphatic rings. The summed E-state index contributed by atoms with van der Waals surface area (Å²) in [5.41, 5.74) is 2.44. The summed E-state index contributed by atoms with van der Waals surface area (Å²) < 4.78 is 12.3. The van der Waals surface area contributed by atoms with Crippen LogP contribution in [0.2, 0.25) is 0 Å². The van der Waals surface area contributed by atoms with Crippen LogP contribution < -0.4 is 0 Å². The van der Waals surface area contributed by atoms with Crippen LogP contribution in [0.25, 0.3) is 11.0 Å². The highest BCUT2D eigenvalue weighted by molar-refractivity contribution is 9.10. The normalized spacial score (nSPS) is 16.6. The molecule has 0 radical (unpaired) electrons. The minimum atomic E-state index is -0.724. The largest absolute Gasteiger partial charge is 0.503 e. The summed E-state index contributed by atoms with van der Waals surface area (Å²) in [6.07, 6.45) is 0.658. The van der Waals surface area contributed by atoms with Crippen molar-refractivity contribution in [1.82, 2.24) is 4.90 Å². The van der Waals surface area contributed by atoms with E-state index in [2.05, 4.69) is 36.7 Å². The van der Waals surface area contributed by atoms with E-state index in [0.29, 0.717) is 25.2 Å². The second-order valence-electron chi connectivity index (χ2n) is 10.4. The molecule has 0 spiro atoms. The maximum absolute atomic E-state index is 13.7. The van der Waals surface area contributed by atoms with E-state index in [1.807, 2.05) is 50.2 Å². The minimum Gasteiger partial charge on any atom is -0.503 e. The zero-order chi connectivity index (χ0) is 26.2. The summed E-state index contributed by atoms with van der Waals surface area (Å²) in [7, 11) is 0. The van der Waals surface area contributed by atoms with Crippen LogP contribution in [0, 0.1) is 0 Å². The lowest BCUT2D eigenvalue weighted by atomic mass is 9.85. The molecule has 0 aliphatic carbocycles. The first-order chi connectivity index (χ1) is 17.0. The van der Waals surface area contributed by atoms with Gasteiger partial charge in [0.2, 0.25) is 5.78 Å². The van der Waals surface area contributed by atoms with Crippen LogP contribution in [0.4, 0.5) is 0 Å². The number of aliphatic hydroxyl groups excluding tert-OH is 1. The number of furan rings is 1. The second kappa shape index (κ2) is 10.2. The molecule has 0 fully saturated rings. The topological polar surface area (TPSA) is 80.0 Å². The Bertz CT molecular complexity index is 1310. The minimum absolute atomic E-state index is 0.0337. The Balaban J connectivity index is 1.72. The summed E-state index contributed by atoms with van der Waals surface area (Å²) in [5, 5.41) is 11.7. The fourth-order valence-electron chi connectivity index (χ4n) is 4.44. The van der Waals surface area contributed by atoms with E-state index < -0.39 is 23.5 Å². The Labute approximate surface area is 220 Å². The van der Waals surface area contributed by atoms with Crippen LogP contribution in [0.1, 0.15) is 68.8 Å². The molecule has 1 N–H and O–H groups in total. The Kier molecular flexibility index (Phi) is 7.43. The fourth-order valence-corrected chi connectivity index (χ4v) is 4.82. The van der Waals surface area contributed by atoms with Crippen LogP contribution in [0.15, 0.2) is 68.8 Å². The van der Waals surface area contributed by atoms with Crippen molar-refractivity contribution in [2.45, 2.75) is 58.6 Å². The van der Waals surface area contributed by atoms with Gasteiger partial charge in [0.05, 0.1) is 17.7 Å². The standard InChI is InChI=1S/C29H32BrNO5/c1-17(2)35-14-6-13-31-25(18-7-9-20(10-8-18)29(3,4)5)24(27(33)28(31)34)26(32)23-16-19-15-21(30)11-12-22(19)36-23/h7-12,15-17,25,33H,6,13-14H2,1-5H3. The highest BCUT2D eigenvalue weighted by Crippen LogP contribution is 2.40. The predicted molar refractivity (Wildman–Crippen MR) is 143 cm³/mol. The average Bonchev–Trinajstić information content (AvgIpc) is 3.34. The monoisotopic (exact) mass is 553 g/mol. The fraction of sp³-hybridized carbons (Fsp3) is 0.379. The van der Waals surface area contributed by atoms with Crippen molar-refractivity contribution in [2.75, 3.05) is 13.2 Å². The third-order valence-electron chi connectivity index (χ3n) is 6.34. The molecule has 1 atom stereocenters. The molecule has 4 rings (SSSR count). The van der Waals surface area contributed by atoms with E-state index in [4.69, 9.17) is 9.15 Å². The summed E-state index contributed by atoms with van der Waals surface area (Å²) in [6, 6.07) is 14.3. The maximum Gasteiger partial charge on any atom is 0.290 e. The van der Waals surface area contributed by atoms with Gasteiger partial charge in [-0.25, -0.2) is 0 Å². The van der Waals surface area contributed by atoms with Crippen molar-refractivity contribution in [3.8, 4) is 0 Å². The first-order valence-electron chi connectivity index (χ1n) is 12.2. The van der Waals surface area contributed by atoms with Gasteiger partial charge < -0.3 is 19.2 Å². The number of halogens is 1. The summed E-state index contributed by atoms with van der Waals surface area (Å²) in [5.74, 6) is -1.51. The number of aliphatic hydroxyl groups is 1. The molecule has 190 valence electrons. The molecule has 2 heterocycles. The maximum atomic E-state index is 13.7. The van der Waals surface area contributed by atoms with Gasteiger partial charge >= 0.3 is 0 Å². The van der Waals surface area contributed by atoms with Crippen molar-refractivity contribution in [2.24, 2.45) is 0 Å². The number of ketones is 1. The van der Waals surface area contributed by atoms with Crippen molar-refractivity contribution >= 4 is 38.6 Å². The van der Waals surface area contributed by atoms with Gasteiger partial charge in [-0.3, -0.25) is 9.59 Å². The van der Waals surface area contributed by atoms with Crippen molar-refractivity contribution in [3.63, 3.8) is 0 Å². The Morgan fingerprint density at radius 2 is 1.83 bits per heavy atom. The second-order valence-corrected chi connectivity index (χ2v) is 11.3. The summed E-state index contributed by atoms with van der Waals surface area (Å²) >= 11 is 3.43. The van der Waals surface area contributed by atoms with Crippen molar-refractivity contribution in [3.05, 3.63) is 81.2 Å². The van der Waals surface area contributed by atoms with Crippen LogP contribution >= 0.6 is 15.9 Å². The van der Waals surface area contributed by atoms with Crippen LogP contribution in [0.3, 0.4) is 0 Å². The van der Waals surface area contributed by atoms with Crippen LogP contribution in [-0.2, 0) is 14.9 Å². The molecular weight excluding hydrogens is 522 g/mol. The number of carbonyl (C=O) groups excluding carboxylic acids is 2. The average molecular weight is 554 g/mol. The van der Waals surface area contributed by atoms with Gasteiger partial charge in [-0.05, 0) is 61.1 Å². The predicted octanol–water partition coefficient (Wildman–Crippen LogP) is 6.89. The first-order valence-corrected chi connectivity index (χ1v) is 13.0. The molecule has 0 saturated heterocycles. The lowest BCUT2D eigenvalue weighted by molar-refractivity contribution is -0.129. The highest BCUT2D eigenvalue weighted by atomic mass is 79.9. The molecule has 1 aliphatic heterocycles. The van der Waals surface area contributed by atoms with Gasteiger partial charge in [-0.2, -0.15) is 0 Å². The van der Waals surface area contributed by atoms with Crippen LogP contribution in [-0.4, -0.2) is 41.0 Å². The number of hydrogen-bond donors (Lipinski definition) is 1. The zero-order valence-electron chi connectivity index (χ0n) is 21.3. The molecule has 3 aromatic rings. The van der Waals surface area contributed by atoms with E-state index in [1.165, 1.54) is 0 Å². The molecule has 1 unspecified atom stereocenters. The number of amides is 1. The van der Waals surface area contributed by atoms with Gasteiger partial charge in [0.25, 0.3) is 5.91 Å². The van der Waals surface area contributed by atoms with Crippen molar-refractivity contribution in [1.29, 1.82) is 0 Å². The Morgan fingerprint density at radius 3 is 2.47 bits per heavy atom. The summed E-state index contributed by atoms with van der Waals surface area (Å²) in [6.45, 7) is 11.1. The van der Waals surface area contributed by atoms with E-state index in [0.717, 1.165) is 21.0 Å².